The van der Waals surface area contributed by atoms with Crippen LogP contribution in [0.15, 0.2) is 34.9 Å². The van der Waals surface area contributed by atoms with E-state index in [2.05, 4.69) is 6.58 Å². The molecule has 0 aromatic carbocycles. The molecule has 0 heterocycles. The van der Waals surface area contributed by atoms with E-state index in [1.54, 1.807) is 13.0 Å². The summed E-state index contributed by atoms with van der Waals surface area (Å²) in [6, 6.07) is 0. The molecule has 2 N–H and O–H groups in total. The summed E-state index contributed by atoms with van der Waals surface area (Å²) in [6.45, 7) is 8.38. The Hall–Kier alpha value is -2.30. The lowest BCUT2D eigenvalue weighted by Crippen LogP contribution is -2.26. The van der Waals surface area contributed by atoms with Gasteiger partial charge in [-0.1, -0.05) is 6.58 Å². The Kier molecular flexibility index (Phi) is 5.74. The number of carbonyl (C=O) groups excluding carboxylic acids is 4. The second kappa shape index (κ2) is 7.11. The van der Waals surface area contributed by atoms with Gasteiger partial charge in [-0.15, -0.1) is 0 Å². The van der Waals surface area contributed by atoms with Crippen LogP contribution in [0.3, 0.4) is 0 Å². The second-order valence-corrected chi connectivity index (χ2v) is 5.62. The van der Waals surface area contributed by atoms with Crippen LogP contribution in [0.2, 0.25) is 0 Å². The Balaban J connectivity index is 2.98. The summed E-state index contributed by atoms with van der Waals surface area (Å²) in [5.41, 5.74) is 7.18. The maximum atomic E-state index is 12.4. The lowest BCUT2D eigenvalue weighted by molar-refractivity contribution is -0.126. The van der Waals surface area contributed by atoms with Crippen molar-refractivity contribution < 1.29 is 19.2 Å². The van der Waals surface area contributed by atoms with Crippen molar-refractivity contribution in [3.63, 3.8) is 0 Å². The molecule has 1 atom stereocenters. The van der Waals surface area contributed by atoms with Crippen LogP contribution in [-0.4, -0.2) is 23.3 Å². The van der Waals surface area contributed by atoms with Crippen molar-refractivity contribution >= 4 is 23.3 Å². The predicted octanol–water partition coefficient (Wildman–Crippen LogP) is 1.82. The highest BCUT2D eigenvalue weighted by molar-refractivity contribution is 6.13. The van der Waals surface area contributed by atoms with Crippen LogP contribution < -0.4 is 5.73 Å². The molecule has 0 spiro atoms. The maximum absolute atomic E-state index is 12.4. The van der Waals surface area contributed by atoms with Gasteiger partial charge >= 0.3 is 0 Å². The van der Waals surface area contributed by atoms with E-state index in [4.69, 9.17) is 5.73 Å². The molecular formula is C17H21NO4. The number of carbonyl (C=O) groups is 4. The van der Waals surface area contributed by atoms with Crippen LogP contribution in [0, 0.1) is 5.92 Å². The summed E-state index contributed by atoms with van der Waals surface area (Å²) in [6.07, 6.45) is 1.94. The van der Waals surface area contributed by atoms with E-state index in [0.29, 0.717) is 11.1 Å². The van der Waals surface area contributed by atoms with Crippen LogP contribution in [0.4, 0.5) is 0 Å². The average Bonchev–Trinajstić information content (AvgIpc) is 2.70. The number of allylic oxidation sites excluding steroid dienone is 5. The molecule has 1 amide bonds. The van der Waals surface area contributed by atoms with Crippen molar-refractivity contribution in [2.45, 2.75) is 40.0 Å². The van der Waals surface area contributed by atoms with E-state index in [1.807, 2.05) is 0 Å². The third kappa shape index (κ3) is 4.10. The summed E-state index contributed by atoms with van der Waals surface area (Å²) in [5.74, 6) is -1.94. The number of nitrogens with two attached hydrogens (primary N) is 1. The van der Waals surface area contributed by atoms with Gasteiger partial charge in [0.1, 0.15) is 5.78 Å². The Morgan fingerprint density at radius 1 is 1.23 bits per heavy atom. The van der Waals surface area contributed by atoms with Gasteiger partial charge in [-0.2, -0.15) is 0 Å². The predicted molar refractivity (Wildman–Crippen MR) is 82.8 cm³/mol. The molecule has 5 heteroatoms. The second-order valence-electron chi connectivity index (χ2n) is 5.62. The fraction of sp³-hybridized carbons (Fsp3) is 0.412. The van der Waals surface area contributed by atoms with Crippen LogP contribution in [0.25, 0.3) is 0 Å². The van der Waals surface area contributed by atoms with Crippen LogP contribution >= 0.6 is 0 Å². The lowest BCUT2D eigenvalue weighted by Gasteiger charge is -2.12. The zero-order valence-corrected chi connectivity index (χ0v) is 13.2. The molecule has 1 rings (SSSR count). The zero-order chi connectivity index (χ0) is 17.0. The number of primary amides is 1. The molecule has 0 aromatic rings. The summed E-state index contributed by atoms with van der Waals surface area (Å²) in [7, 11) is 0. The van der Waals surface area contributed by atoms with Crippen molar-refractivity contribution in [1.29, 1.82) is 0 Å². The van der Waals surface area contributed by atoms with Crippen molar-refractivity contribution in [2.75, 3.05) is 0 Å². The molecule has 0 radical (unpaired) electrons. The molecular weight excluding hydrogens is 282 g/mol. The first kappa shape index (κ1) is 17.8. The molecule has 0 aromatic heterocycles. The molecule has 0 fully saturated rings. The first-order chi connectivity index (χ1) is 10.1. The molecule has 22 heavy (non-hydrogen) atoms. The molecule has 1 aliphatic rings. The fourth-order valence-corrected chi connectivity index (χ4v) is 2.41. The van der Waals surface area contributed by atoms with E-state index >= 15 is 0 Å². The Morgan fingerprint density at radius 2 is 1.82 bits per heavy atom. The molecule has 118 valence electrons. The van der Waals surface area contributed by atoms with Gasteiger partial charge in [0.2, 0.25) is 5.91 Å². The van der Waals surface area contributed by atoms with Gasteiger partial charge in [0, 0.05) is 29.9 Å². The molecule has 0 bridgehead atoms. The fourth-order valence-electron chi connectivity index (χ4n) is 2.41. The Morgan fingerprint density at radius 3 is 2.27 bits per heavy atom. The van der Waals surface area contributed by atoms with E-state index in [0.717, 1.165) is 5.57 Å². The maximum Gasteiger partial charge on any atom is 0.221 e. The summed E-state index contributed by atoms with van der Waals surface area (Å²) in [5, 5.41) is 0. The van der Waals surface area contributed by atoms with Gasteiger partial charge in [0.15, 0.2) is 11.6 Å². The molecule has 1 aliphatic carbocycles. The first-order valence-corrected chi connectivity index (χ1v) is 7.10. The number of hydrogen-bond donors (Lipinski definition) is 1. The first-order valence-electron chi connectivity index (χ1n) is 7.10. The monoisotopic (exact) mass is 303 g/mol. The normalized spacial score (nSPS) is 15.6. The minimum absolute atomic E-state index is 0.0627. The molecule has 0 saturated heterocycles. The quantitative estimate of drug-likeness (QED) is 0.740. The Labute approximate surface area is 129 Å². The lowest BCUT2D eigenvalue weighted by atomic mass is 9.91. The molecule has 0 saturated carbocycles. The average molecular weight is 303 g/mol. The van der Waals surface area contributed by atoms with Crippen LogP contribution in [0.5, 0.6) is 0 Å². The number of rotatable bonds is 8. The number of hydrogen-bond acceptors (Lipinski definition) is 4. The van der Waals surface area contributed by atoms with E-state index < -0.39 is 11.8 Å². The molecule has 0 aliphatic heterocycles. The highest BCUT2D eigenvalue weighted by Crippen LogP contribution is 2.32. The summed E-state index contributed by atoms with van der Waals surface area (Å²) >= 11 is 0. The highest BCUT2D eigenvalue weighted by atomic mass is 16.2. The van der Waals surface area contributed by atoms with Crippen molar-refractivity contribution in [2.24, 2.45) is 11.7 Å². The minimum atomic E-state index is -0.709. The van der Waals surface area contributed by atoms with Gasteiger partial charge in [0.25, 0.3) is 0 Å². The van der Waals surface area contributed by atoms with E-state index in [-0.39, 0.29) is 42.2 Å². The minimum Gasteiger partial charge on any atom is -0.369 e. The van der Waals surface area contributed by atoms with Crippen molar-refractivity contribution in [3.05, 3.63) is 34.9 Å². The van der Waals surface area contributed by atoms with E-state index in [1.165, 1.54) is 13.8 Å². The number of Topliss-reactive ketones (excluding diaryl/α,β-unsaturated/α-hetero) is 3. The highest BCUT2D eigenvalue weighted by Gasteiger charge is 2.28. The standard InChI is InChI=1S/C17H21NO4/c1-9-7-14(16(11(9)3)12(4)20)15(21)8-13(17(18)22)6-5-10(2)19/h7,13H,3,5-6,8H2,1-2,4H3,(H2,18,22). The van der Waals surface area contributed by atoms with Gasteiger partial charge in [-0.25, -0.2) is 0 Å². The molecule has 5 nitrogen and oxygen atoms in total. The summed E-state index contributed by atoms with van der Waals surface area (Å²) in [4.78, 5) is 46.6. The van der Waals surface area contributed by atoms with Gasteiger partial charge in [-0.3, -0.25) is 14.4 Å². The van der Waals surface area contributed by atoms with Gasteiger partial charge < -0.3 is 10.5 Å². The topological polar surface area (TPSA) is 94.3 Å². The van der Waals surface area contributed by atoms with Crippen LogP contribution in [-0.2, 0) is 19.2 Å². The number of ketones is 3. The SMILES string of the molecule is C=C1C(C)=CC(C(=O)CC(CCC(C)=O)C(N)=O)=C1C(C)=O. The zero-order valence-electron chi connectivity index (χ0n) is 13.2. The van der Waals surface area contributed by atoms with Crippen LogP contribution in [0.1, 0.15) is 40.0 Å². The largest absolute Gasteiger partial charge is 0.369 e. The third-order valence-corrected chi connectivity index (χ3v) is 3.74. The van der Waals surface area contributed by atoms with Gasteiger partial charge in [0.05, 0.1) is 0 Å². The Bertz CT molecular complexity index is 623. The van der Waals surface area contributed by atoms with E-state index in [9.17, 15) is 19.2 Å². The summed E-state index contributed by atoms with van der Waals surface area (Å²) < 4.78 is 0. The van der Waals surface area contributed by atoms with Crippen molar-refractivity contribution in [3.8, 4) is 0 Å². The smallest absolute Gasteiger partial charge is 0.221 e. The molecule has 1 unspecified atom stereocenters. The van der Waals surface area contributed by atoms with Crippen molar-refractivity contribution in [1.82, 2.24) is 0 Å². The number of amides is 1. The third-order valence-electron chi connectivity index (χ3n) is 3.74. The van der Waals surface area contributed by atoms with Gasteiger partial charge in [-0.05, 0) is 44.4 Å².